The lowest BCUT2D eigenvalue weighted by Gasteiger charge is -2.27. The van der Waals surface area contributed by atoms with E-state index in [9.17, 15) is 0 Å². The quantitative estimate of drug-likeness (QED) is 0.740. The maximum Gasteiger partial charge on any atom is 0.0700 e. The molecule has 0 radical (unpaired) electrons. The van der Waals surface area contributed by atoms with E-state index in [0.717, 1.165) is 38.8 Å². The summed E-state index contributed by atoms with van der Waals surface area (Å²) < 4.78 is 11.2. The van der Waals surface area contributed by atoms with Crippen LogP contribution in [0.4, 0.5) is 0 Å². The van der Waals surface area contributed by atoms with Crippen molar-refractivity contribution in [3.8, 4) is 0 Å². The zero-order valence-corrected chi connectivity index (χ0v) is 8.84. The summed E-state index contributed by atoms with van der Waals surface area (Å²) in [5, 5.41) is 3.37. The summed E-state index contributed by atoms with van der Waals surface area (Å²) >= 11 is 0. The topological polar surface area (TPSA) is 30.5 Å². The molecule has 2 saturated heterocycles. The molecule has 2 fully saturated rings. The first-order valence-electron chi connectivity index (χ1n) is 5.85. The molecule has 0 aromatic heterocycles. The molecule has 0 spiro atoms. The lowest BCUT2D eigenvalue weighted by atomic mass is 10.0. The molecule has 2 aliphatic heterocycles. The van der Waals surface area contributed by atoms with Gasteiger partial charge in [0, 0.05) is 26.4 Å². The first-order chi connectivity index (χ1) is 6.95. The monoisotopic (exact) mass is 199 g/mol. The molecular formula is C11H21NO2. The fourth-order valence-electron chi connectivity index (χ4n) is 2.15. The van der Waals surface area contributed by atoms with Gasteiger partial charge in [0.2, 0.25) is 0 Å². The Kier molecular flexibility index (Phi) is 4.22. The standard InChI is InChI=1S/C11H21NO2/c1-2-11(8-12-5-1)14-9-10-3-6-13-7-4-10/h10-12H,1-9H2. The van der Waals surface area contributed by atoms with Crippen LogP contribution in [0.15, 0.2) is 0 Å². The Hall–Kier alpha value is -0.120. The first-order valence-corrected chi connectivity index (χ1v) is 5.85. The average Bonchev–Trinajstić information content (AvgIpc) is 2.29. The van der Waals surface area contributed by atoms with Crippen molar-refractivity contribution >= 4 is 0 Å². The Bertz CT molecular complexity index is 133. The van der Waals surface area contributed by atoms with E-state index < -0.39 is 0 Å². The van der Waals surface area contributed by atoms with E-state index >= 15 is 0 Å². The molecular weight excluding hydrogens is 178 g/mol. The van der Waals surface area contributed by atoms with Gasteiger partial charge in [0.1, 0.15) is 0 Å². The van der Waals surface area contributed by atoms with Gasteiger partial charge >= 0.3 is 0 Å². The van der Waals surface area contributed by atoms with Crippen molar-refractivity contribution in [3.05, 3.63) is 0 Å². The molecule has 0 amide bonds. The van der Waals surface area contributed by atoms with Gasteiger partial charge in [-0.2, -0.15) is 0 Å². The molecule has 82 valence electrons. The number of hydrogen-bond acceptors (Lipinski definition) is 3. The van der Waals surface area contributed by atoms with Gasteiger partial charge in [0.05, 0.1) is 6.10 Å². The van der Waals surface area contributed by atoms with Crippen LogP contribution < -0.4 is 5.32 Å². The number of hydrogen-bond donors (Lipinski definition) is 1. The predicted molar refractivity (Wildman–Crippen MR) is 55.4 cm³/mol. The summed E-state index contributed by atoms with van der Waals surface area (Å²) in [7, 11) is 0. The van der Waals surface area contributed by atoms with Crippen LogP contribution in [0.25, 0.3) is 0 Å². The number of piperidine rings is 1. The Balaban J connectivity index is 1.60. The van der Waals surface area contributed by atoms with Gasteiger partial charge in [-0.3, -0.25) is 0 Å². The fraction of sp³-hybridized carbons (Fsp3) is 1.00. The smallest absolute Gasteiger partial charge is 0.0700 e. The SMILES string of the molecule is C1CNCC(OCC2CCOCC2)C1. The number of ether oxygens (including phenoxy) is 2. The molecule has 14 heavy (non-hydrogen) atoms. The summed E-state index contributed by atoms with van der Waals surface area (Å²) in [6.07, 6.45) is 5.32. The number of rotatable bonds is 3. The minimum Gasteiger partial charge on any atom is -0.381 e. The van der Waals surface area contributed by atoms with Crippen LogP contribution in [0.2, 0.25) is 0 Å². The molecule has 1 atom stereocenters. The van der Waals surface area contributed by atoms with Gasteiger partial charge in [-0.15, -0.1) is 0 Å². The van der Waals surface area contributed by atoms with Crippen LogP contribution in [-0.2, 0) is 9.47 Å². The molecule has 1 N–H and O–H groups in total. The van der Waals surface area contributed by atoms with E-state index in [4.69, 9.17) is 9.47 Å². The van der Waals surface area contributed by atoms with Gasteiger partial charge in [0.25, 0.3) is 0 Å². The van der Waals surface area contributed by atoms with Crippen molar-refractivity contribution in [2.24, 2.45) is 5.92 Å². The summed E-state index contributed by atoms with van der Waals surface area (Å²) in [6.45, 7) is 5.00. The molecule has 0 aliphatic carbocycles. The summed E-state index contributed by atoms with van der Waals surface area (Å²) in [6, 6.07) is 0. The third-order valence-electron chi connectivity index (χ3n) is 3.16. The van der Waals surface area contributed by atoms with E-state index in [1.807, 2.05) is 0 Å². The van der Waals surface area contributed by atoms with E-state index in [1.165, 1.54) is 25.7 Å². The van der Waals surface area contributed by atoms with Crippen molar-refractivity contribution in [2.75, 3.05) is 32.9 Å². The second-order valence-corrected chi connectivity index (χ2v) is 4.36. The molecule has 2 heterocycles. The molecule has 3 nitrogen and oxygen atoms in total. The van der Waals surface area contributed by atoms with Crippen LogP contribution >= 0.6 is 0 Å². The molecule has 3 heteroatoms. The van der Waals surface area contributed by atoms with Gasteiger partial charge in [0.15, 0.2) is 0 Å². The minimum atomic E-state index is 0.464. The van der Waals surface area contributed by atoms with Crippen LogP contribution in [0.1, 0.15) is 25.7 Å². The van der Waals surface area contributed by atoms with Crippen molar-refractivity contribution in [2.45, 2.75) is 31.8 Å². The number of nitrogens with one attached hydrogen (secondary N) is 1. The highest BCUT2D eigenvalue weighted by Crippen LogP contribution is 2.16. The largest absolute Gasteiger partial charge is 0.381 e. The maximum absolute atomic E-state index is 5.90. The lowest BCUT2D eigenvalue weighted by molar-refractivity contribution is -0.0179. The van der Waals surface area contributed by atoms with Crippen LogP contribution in [0.5, 0.6) is 0 Å². The molecule has 0 aromatic rings. The van der Waals surface area contributed by atoms with E-state index in [0.29, 0.717) is 6.10 Å². The molecule has 0 saturated carbocycles. The predicted octanol–water partition coefficient (Wildman–Crippen LogP) is 1.18. The van der Waals surface area contributed by atoms with Crippen LogP contribution in [0.3, 0.4) is 0 Å². The van der Waals surface area contributed by atoms with Gasteiger partial charge in [-0.05, 0) is 38.1 Å². The Morgan fingerprint density at radius 3 is 2.79 bits per heavy atom. The highest BCUT2D eigenvalue weighted by atomic mass is 16.5. The Labute approximate surface area is 86.2 Å². The van der Waals surface area contributed by atoms with Crippen LogP contribution in [0, 0.1) is 5.92 Å². The minimum absolute atomic E-state index is 0.464. The highest BCUT2D eigenvalue weighted by Gasteiger charge is 2.18. The van der Waals surface area contributed by atoms with Gasteiger partial charge in [-0.1, -0.05) is 0 Å². The molecule has 0 bridgehead atoms. The Morgan fingerprint density at radius 1 is 1.21 bits per heavy atom. The van der Waals surface area contributed by atoms with Crippen LogP contribution in [-0.4, -0.2) is 39.0 Å². The van der Waals surface area contributed by atoms with Gasteiger partial charge < -0.3 is 14.8 Å². The third-order valence-corrected chi connectivity index (χ3v) is 3.16. The van der Waals surface area contributed by atoms with Crippen molar-refractivity contribution in [1.82, 2.24) is 5.32 Å². The van der Waals surface area contributed by atoms with Crippen molar-refractivity contribution in [1.29, 1.82) is 0 Å². The first kappa shape index (κ1) is 10.4. The highest BCUT2D eigenvalue weighted by molar-refractivity contribution is 4.70. The fourth-order valence-corrected chi connectivity index (χ4v) is 2.15. The molecule has 2 aliphatic rings. The van der Waals surface area contributed by atoms with E-state index in [1.54, 1.807) is 0 Å². The van der Waals surface area contributed by atoms with E-state index in [-0.39, 0.29) is 0 Å². The molecule has 1 unspecified atom stereocenters. The Morgan fingerprint density at radius 2 is 2.07 bits per heavy atom. The second-order valence-electron chi connectivity index (χ2n) is 4.36. The van der Waals surface area contributed by atoms with Crippen molar-refractivity contribution in [3.63, 3.8) is 0 Å². The molecule has 0 aromatic carbocycles. The third kappa shape index (κ3) is 3.23. The summed E-state index contributed by atoms with van der Waals surface area (Å²) in [5.41, 5.74) is 0. The van der Waals surface area contributed by atoms with Gasteiger partial charge in [-0.25, -0.2) is 0 Å². The summed E-state index contributed by atoms with van der Waals surface area (Å²) in [5.74, 6) is 0.741. The summed E-state index contributed by atoms with van der Waals surface area (Å²) in [4.78, 5) is 0. The zero-order chi connectivity index (χ0) is 9.64. The normalized spacial score (nSPS) is 30.4. The van der Waals surface area contributed by atoms with E-state index in [2.05, 4.69) is 5.32 Å². The zero-order valence-electron chi connectivity index (χ0n) is 8.84. The lowest BCUT2D eigenvalue weighted by Crippen LogP contribution is -2.36. The second kappa shape index (κ2) is 5.69. The average molecular weight is 199 g/mol. The molecule has 2 rings (SSSR count). The van der Waals surface area contributed by atoms with Crippen molar-refractivity contribution < 1.29 is 9.47 Å². The maximum atomic E-state index is 5.90.